The molecule has 0 saturated heterocycles. The van der Waals surface area contributed by atoms with Crippen molar-refractivity contribution in [1.29, 1.82) is 0 Å². The molecule has 2 rings (SSSR count). The summed E-state index contributed by atoms with van der Waals surface area (Å²) < 4.78 is 27.4. The molecule has 0 heterocycles. The molecular formula is C18H16Cl2N2O5S. The number of halogens is 2. The van der Waals surface area contributed by atoms with Crippen molar-refractivity contribution in [2.24, 2.45) is 5.14 Å². The highest BCUT2D eigenvalue weighted by atomic mass is 35.5. The van der Waals surface area contributed by atoms with Gasteiger partial charge in [-0.2, -0.15) is 0 Å². The summed E-state index contributed by atoms with van der Waals surface area (Å²) in [6.45, 7) is 1.39. The van der Waals surface area contributed by atoms with Gasteiger partial charge in [0.05, 0.1) is 14.9 Å². The SMILES string of the molecule is CC(OC(=O)/C=C/c1cccc(Cl)c1Cl)C(=O)Nc1ccc(S(N)(=O)=O)cc1. The molecule has 0 aliphatic carbocycles. The maximum Gasteiger partial charge on any atom is 0.331 e. The normalized spacial score (nSPS) is 12.6. The number of anilines is 1. The van der Waals surface area contributed by atoms with Crippen LogP contribution in [0.15, 0.2) is 53.4 Å². The predicted octanol–water partition coefficient (Wildman–Crippen LogP) is 3.22. The van der Waals surface area contributed by atoms with E-state index in [1.807, 2.05) is 0 Å². The lowest BCUT2D eigenvalue weighted by molar-refractivity contribution is -0.148. The summed E-state index contributed by atoms with van der Waals surface area (Å²) in [4.78, 5) is 23.9. The molecule has 1 unspecified atom stereocenters. The number of primary sulfonamides is 1. The first-order valence-corrected chi connectivity index (χ1v) is 10.1. The Morgan fingerprint density at radius 3 is 2.39 bits per heavy atom. The maximum atomic E-state index is 12.1. The van der Waals surface area contributed by atoms with Crippen LogP contribution < -0.4 is 10.5 Å². The largest absolute Gasteiger partial charge is 0.449 e. The summed E-state index contributed by atoms with van der Waals surface area (Å²) in [5.41, 5.74) is 0.847. The Morgan fingerprint density at radius 1 is 1.14 bits per heavy atom. The van der Waals surface area contributed by atoms with E-state index >= 15 is 0 Å². The Balaban J connectivity index is 1.95. The molecule has 0 bridgehead atoms. The molecule has 3 N–H and O–H groups in total. The van der Waals surface area contributed by atoms with E-state index in [0.717, 1.165) is 6.08 Å². The zero-order valence-electron chi connectivity index (χ0n) is 14.6. The van der Waals surface area contributed by atoms with Crippen LogP contribution in [0.25, 0.3) is 6.08 Å². The molecule has 10 heteroatoms. The number of rotatable bonds is 6. The molecule has 2 aromatic rings. The summed E-state index contributed by atoms with van der Waals surface area (Å²) >= 11 is 11.9. The second-order valence-electron chi connectivity index (χ2n) is 5.61. The van der Waals surface area contributed by atoms with Crippen LogP contribution in [0, 0.1) is 0 Å². The van der Waals surface area contributed by atoms with Crippen molar-refractivity contribution >= 4 is 56.9 Å². The summed E-state index contributed by atoms with van der Waals surface area (Å²) in [6, 6.07) is 10.2. The molecule has 1 atom stereocenters. The van der Waals surface area contributed by atoms with Crippen molar-refractivity contribution in [2.75, 3.05) is 5.32 Å². The standard InChI is InChI=1S/C18H16Cl2N2O5S/c1-11(18(24)22-13-6-8-14(9-7-13)28(21,25)26)27-16(23)10-5-12-3-2-4-15(19)17(12)20/h2-11H,1H3,(H,22,24)(H2,21,25,26)/b10-5+. The zero-order chi connectivity index (χ0) is 20.9. The van der Waals surface area contributed by atoms with Crippen LogP contribution in [0.4, 0.5) is 5.69 Å². The second kappa shape index (κ2) is 9.20. The number of ether oxygens (including phenoxy) is 1. The lowest BCUT2D eigenvalue weighted by atomic mass is 10.2. The number of hydrogen-bond donors (Lipinski definition) is 2. The van der Waals surface area contributed by atoms with E-state index in [1.54, 1.807) is 18.2 Å². The van der Waals surface area contributed by atoms with Gasteiger partial charge in [-0.25, -0.2) is 18.4 Å². The van der Waals surface area contributed by atoms with Crippen molar-refractivity contribution in [3.05, 3.63) is 64.1 Å². The molecule has 0 saturated carbocycles. The zero-order valence-corrected chi connectivity index (χ0v) is 16.9. The first kappa shape index (κ1) is 21.9. The second-order valence-corrected chi connectivity index (χ2v) is 7.96. The highest BCUT2D eigenvalue weighted by Crippen LogP contribution is 2.26. The van der Waals surface area contributed by atoms with Gasteiger partial charge in [0.1, 0.15) is 0 Å². The average Bonchev–Trinajstić information content (AvgIpc) is 2.62. The van der Waals surface area contributed by atoms with Gasteiger partial charge in [0, 0.05) is 11.8 Å². The number of carbonyl (C=O) groups excluding carboxylic acids is 2. The van der Waals surface area contributed by atoms with E-state index in [1.165, 1.54) is 37.3 Å². The molecule has 1 amide bonds. The third-order valence-corrected chi connectivity index (χ3v) is 5.26. The minimum Gasteiger partial charge on any atom is -0.449 e. The topological polar surface area (TPSA) is 116 Å². The molecule has 0 fully saturated rings. The quantitative estimate of drug-likeness (QED) is 0.526. The predicted molar refractivity (Wildman–Crippen MR) is 107 cm³/mol. The molecule has 7 nitrogen and oxygen atoms in total. The fourth-order valence-electron chi connectivity index (χ4n) is 2.05. The maximum absolute atomic E-state index is 12.1. The van der Waals surface area contributed by atoms with Crippen molar-refractivity contribution < 1.29 is 22.7 Å². The van der Waals surface area contributed by atoms with Crippen molar-refractivity contribution in [2.45, 2.75) is 17.9 Å². The van der Waals surface area contributed by atoms with Gasteiger partial charge < -0.3 is 10.1 Å². The summed E-state index contributed by atoms with van der Waals surface area (Å²) in [7, 11) is -3.82. The number of sulfonamides is 1. The first-order valence-electron chi connectivity index (χ1n) is 7.84. The molecule has 2 aromatic carbocycles. The van der Waals surface area contributed by atoms with E-state index in [0.29, 0.717) is 21.3 Å². The van der Waals surface area contributed by atoms with Gasteiger partial charge in [-0.05, 0) is 48.9 Å². The Morgan fingerprint density at radius 2 is 1.79 bits per heavy atom. The van der Waals surface area contributed by atoms with Crippen molar-refractivity contribution in [3.8, 4) is 0 Å². The summed E-state index contributed by atoms with van der Waals surface area (Å²) in [5.74, 6) is -1.34. The van der Waals surface area contributed by atoms with Crippen molar-refractivity contribution in [1.82, 2.24) is 0 Å². The first-order chi connectivity index (χ1) is 13.1. The molecule has 28 heavy (non-hydrogen) atoms. The van der Waals surface area contributed by atoms with E-state index in [4.69, 9.17) is 33.1 Å². The number of esters is 1. The van der Waals surface area contributed by atoms with Gasteiger partial charge in [0.15, 0.2) is 6.10 Å². The Bertz CT molecular complexity index is 1020. The monoisotopic (exact) mass is 442 g/mol. The van der Waals surface area contributed by atoms with Crippen LogP contribution in [-0.2, 0) is 24.3 Å². The number of amides is 1. The lowest BCUT2D eigenvalue weighted by Crippen LogP contribution is -2.29. The van der Waals surface area contributed by atoms with Crippen molar-refractivity contribution in [3.63, 3.8) is 0 Å². The average molecular weight is 443 g/mol. The molecule has 0 aliphatic rings. The smallest absolute Gasteiger partial charge is 0.331 e. The highest BCUT2D eigenvalue weighted by molar-refractivity contribution is 7.89. The fraction of sp³-hybridized carbons (Fsp3) is 0.111. The van der Waals surface area contributed by atoms with Gasteiger partial charge in [-0.1, -0.05) is 35.3 Å². The minimum atomic E-state index is -3.82. The fourth-order valence-corrected chi connectivity index (χ4v) is 2.93. The Kier molecular flexibility index (Phi) is 7.20. The Hall–Kier alpha value is -2.39. The van der Waals surface area contributed by atoms with Crippen LogP contribution in [0.1, 0.15) is 12.5 Å². The number of benzene rings is 2. The summed E-state index contributed by atoms with van der Waals surface area (Å²) in [6.07, 6.45) is 1.46. The van der Waals surface area contributed by atoms with E-state index in [9.17, 15) is 18.0 Å². The number of hydrogen-bond acceptors (Lipinski definition) is 5. The highest BCUT2D eigenvalue weighted by Gasteiger charge is 2.17. The van der Waals surface area contributed by atoms with E-state index in [-0.39, 0.29) is 4.90 Å². The molecule has 0 aliphatic heterocycles. The van der Waals surface area contributed by atoms with Crippen LogP contribution >= 0.6 is 23.2 Å². The molecule has 0 radical (unpaired) electrons. The van der Waals surface area contributed by atoms with Gasteiger partial charge in [0.25, 0.3) is 5.91 Å². The third-order valence-electron chi connectivity index (χ3n) is 3.49. The minimum absolute atomic E-state index is 0.0882. The van der Waals surface area contributed by atoms with E-state index in [2.05, 4.69) is 5.32 Å². The van der Waals surface area contributed by atoms with Crippen LogP contribution in [0.3, 0.4) is 0 Å². The lowest BCUT2D eigenvalue weighted by Gasteiger charge is -2.12. The van der Waals surface area contributed by atoms with Gasteiger partial charge in [-0.3, -0.25) is 4.79 Å². The van der Waals surface area contributed by atoms with Gasteiger partial charge >= 0.3 is 5.97 Å². The molecule has 0 spiro atoms. The van der Waals surface area contributed by atoms with E-state index < -0.39 is 28.0 Å². The van der Waals surface area contributed by atoms with Gasteiger partial charge in [-0.15, -0.1) is 0 Å². The molecule has 148 valence electrons. The molecular weight excluding hydrogens is 427 g/mol. The number of nitrogens with one attached hydrogen (secondary N) is 1. The third kappa shape index (κ3) is 6.07. The van der Waals surface area contributed by atoms with Gasteiger partial charge in [0.2, 0.25) is 10.0 Å². The summed E-state index contributed by atoms with van der Waals surface area (Å²) in [5, 5.41) is 8.15. The number of carbonyl (C=O) groups is 2. The molecule has 0 aromatic heterocycles. The van der Waals surface area contributed by atoms with Crippen LogP contribution in [0.2, 0.25) is 10.0 Å². The van der Waals surface area contributed by atoms with Crippen LogP contribution in [0.5, 0.6) is 0 Å². The Labute approximate surface area is 172 Å². The number of nitrogens with two attached hydrogens (primary N) is 1. The van der Waals surface area contributed by atoms with Crippen LogP contribution in [-0.4, -0.2) is 26.4 Å².